The third-order valence-electron chi connectivity index (χ3n) is 4.11. The van der Waals surface area contributed by atoms with Crippen LogP contribution in [0.4, 0.5) is 0 Å². The van der Waals surface area contributed by atoms with E-state index in [4.69, 9.17) is 0 Å². The van der Waals surface area contributed by atoms with Crippen LogP contribution in [0.3, 0.4) is 0 Å². The summed E-state index contributed by atoms with van der Waals surface area (Å²) >= 11 is 0. The quantitative estimate of drug-likeness (QED) is 0.688. The zero-order valence-electron chi connectivity index (χ0n) is 10.6. The average Bonchev–Trinajstić information content (AvgIpc) is 2.64. The van der Waals surface area contributed by atoms with Gasteiger partial charge in [0.05, 0.1) is 0 Å². The van der Waals surface area contributed by atoms with Gasteiger partial charge in [-0.15, -0.1) is 0 Å². The number of piperidine rings is 1. The first-order valence-corrected chi connectivity index (χ1v) is 6.65. The van der Waals surface area contributed by atoms with Gasteiger partial charge in [0.1, 0.15) is 0 Å². The van der Waals surface area contributed by atoms with Crippen molar-refractivity contribution >= 4 is 0 Å². The molecule has 0 spiro atoms. The van der Waals surface area contributed by atoms with E-state index in [1.54, 1.807) is 0 Å². The molecule has 3 unspecified atom stereocenters. The molecule has 0 bridgehead atoms. The fourth-order valence-electron chi connectivity index (χ4n) is 3.41. The molecule has 2 nitrogen and oxygen atoms in total. The number of nitrogens with zero attached hydrogens (tertiary/aromatic N) is 2. The summed E-state index contributed by atoms with van der Waals surface area (Å²) in [5.41, 5.74) is 0. The van der Waals surface area contributed by atoms with Crippen LogP contribution in [-0.2, 0) is 0 Å². The molecule has 2 rings (SSSR count). The van der Waals surface area contributed by atoms with E-state index >= 15 is 0 Å². The smallest absolute Gasteiger partial charge is 0.0235 e. The van der Waals surface area contributed by atoms with Gasteiger partial charge in [0.2, 0.25) is 0 Å². The van der Waals surface area contributed by atoms with E-state index in [1.165, 1.54) is 45.6 Å². The van der Waals surface area contributed by atoms with Crippen molar-refractivity contribution in [2.45, 2.75) is 39.7 Å². The van der Waals surface area contributed by atoms with E-state index in [-0.39, 0.29) is 0 Å². The molecule has 0 saturated carbocycles. The Morgan fingerprint density at radius 2 is 1.73 bits per heavy atom. The lowest BCUT2D eigenvalue weighted by Crippen LogP contribution is -2.46. The summed E-state index contributed by atoms with van der Waals surface area (Å²) in [7, 11) is 0. The van der Waals surface area contributed by atoms with Crippen LogP contribution in [0.25, 0.3) is 0 Å². The molecule has 0 aliphatic carbocycles. The Hall–Kier alpha value is -0.0800. The maximum atomic E-state index is 2.76. The Morgan fingerprint density at radius 3 is 2.27 bits per heavy atom. The highest BCUT2D eigenvalue weighted by molar-refractivity contribution is 4.86. The fourth-order valence-corrected chi connectivity index (χ4v) is 3.41. The molecule has 0 radical (unpaired) electrons. The second-order valence-electron chi connectivity index (χ2n) is 5.74. The lowest BCUT2D eigenvalue weighted by molar-refractivity contribution is 0.0978. The maximum Gasteiger partial charge on any atom is 0.0235 e. The van der Waals surface area contributed by atoms with Gasteiger partial charge in [0, 0.05) is 25.7 Å². The predicted molar refractivity (Wildman–Crippen MR) is 65.0 cm³/mol. The zero-order valence-corrected chi connectivity index (χ0v) is 10.6. The van der Waals surface area contributed by atoms with E-state index in [0.29, 0.717) is 0 Å². The van der Waals surface area contributed by atoms with Crippen molar-refractivity contribution in [1.29, 1.82) is 0 Å². The molecule has 0 aromatic carbocycles. The van der Waals surface area contributed by atoms with Gasteiger partial charge in [-0.05, 0) is 37.8 Å². The Morgan fingerprint density at radius 1 is 1.07 bits per heavy atom. The fraction of sp³-hybridized carbons (Fsp3) is 1.00. The summed E-state index contributed by atoms with van der Waals surface area (Å²) in [5.74, 6) is 1.81. The van der Waals surface area contributed by atoms with Crippen LogP contribution >= 0.6 is 0 Å². The van der Waals surface area contributed by atoms with Gasteiger partial charge in [-0.3, -0.25) is 4.90 Å². The minimum Gasteiger partial charge on any atom is -0.302 e. The van der Waals surface area contributed by atoms with E-state index in [2.05, 4.69) is 30.6 Å². The van der Waals surface area contributed by atoms with E-state index < -0.39 is 0 Å². The molecule has 0 N–H and O–H groups in total. The Kier molecular flexibility index (Phi) is 3.68. The molecule has 0 amide bonds. The topological polar surface area (TPSA) is 6.48 Å². The molecule has 3 atom stereocenters. The SMILES string of the molecule is CCN1CCC(N2CC(C)CC(C)C2)C1. The third-order valence-corrected chi connectivity index (χ3v) is 4.11. The molecule has 0 aromatic heterocycles. The van der Waals surface area contributed by atoms with Crippen molar-refractivity contribution in [3.05, 3.63) is 0 Å². The summed E-state index contributed by atoms with van der Waals surface area (Å²) in [6.45, 7) is 13.7. The van der Waals surface area contributed by atoms with Crippen LogP contribution in [0.1, 0.15) is 33.6 Å². The first-order chi connectivity index (χ1) is 7.19. The van der Waals surface area contributed by atoms with Crippen molar-refractivity contribution in [3.8, 4) is 0 Å². The standard InChI is InChI=1S/C13H26N2/c1-4-14-6-5-13(10-14)15-8-11(2)7-12(3)9-15/h11-13H,4-10H2,1-3H3. The molecule has 2 heteroatoms. The highest BCUT2D eigenvalue weighted by Crippen LogP contribution is 2.25. The van der Waals surface area contributed by atoms with Crippen molar-refractivity contribution < 1.29 is 0 Å². The molecule has 2 aliphatic heterocycles. The normalized spacial score (nSPS) is 39.8. The van der Waals surface area contributed by atoms with Gasteiger partial charge in [-0.25, -0.2) is 0 Å². The Labute approximate surface area is 94.6 Å². The maximum absolute atomic E-state index is 2.76. The summed E-state index contributed by atoms with van der Waals surface area (Å²) in [5, 5.41) is 0. The predicted octanol–water partition coefficient (Wildman–Crippen LogP) is 2.06. The van der Waals surface area contributed by atoms with Crippen LogP contribution in [0.15, 0.2) is 0 Å². The Bertz CT molecular complexity index is 195. The lowest BCUT2D eigenvalue weighted by atomic mass is 9.91. The van der Waals surface area contributed by atoms with Crippen LogP contribution in [-0.4, -0.2) is 48.6 Å². The van der Waals surface area contributed by atoms with E-state index in [9.17, 15) is 0 Å². The second kappa shape index (κ2) is 4.84. The summed E-state index contributed by atoms with van der Waals surface area (Å²) in [6.07, 6.45) is 2.83. The van der Waals surface area contributed by atoms with E-state index in [0.717, 1.165) is 17.9 Å². The highest BCUT2D eigenvalue weighted by atomic mass is 15.3. The van der Waals surface area contributed by atoms with Crippen LogP contribution in [0, 0.1) is 11.8 Å². The molecular weight excluding hydrogens is 184 g/mol. The molecule has 2 heterocycles. The molecule has 2 saturated heterocycles. The lowest BCUT2D eigenvalue weighted by Gasteiger charge is -2.38. The van der Waals surface area contributed by atoms with Crippen molar-refractivity contribution in [1.82, 2.24) is 9.80 Å². The van der Waals surface area contributed by atoms with Gasteiger partial charge in [-0.1, -0.05) is 20.8 Å². The molecule has 88 valence electrons. The average molecular weight is 210 g/mol. The van der Waals surface area contributed by atoms with Gasteiger partial charge < -0.3 is 4.90 Å². The van der Waals surface area contributed by atoms with Crippen LogP contribution in [0.2, 0.25) is 0 Å². The van der Waals surface area contributed by atoms with E-state index in [1.807, 2.05) is 0 Å². The van der Waals surface area contributed by atoms with Gasteiger partial charge >= 0.3 is 0 Å². The first kappa shape index (κ1) is 11.4. The van der Waals surface area contributed by atoms with Crippen LogP contribution in [0.5, 0.6) is 0 Å². The second-order valence-corrected chi connectivity index (χ2v) is 5.74. The Balaban J connectivity index is 1.88. The molecule has 2 aliphatic rings. The van der Waals surface area contributed by atoms with Crippen molar-refractivity contribution in [2.75, 3.05) is 32.7 Å². The summed E-state index contributed by atoms with van der Waals surface area (Å²) < 4.78 is 0. The minimum absolute atomic E-state index is 0.857. The highest BCUT2D eigenvalue weighted by Gasteiger charge is 2.31. The third kappa shape index (κ3) is 2.73. The van der Waals surface area contributed by atoms with Crippen LogP contribution < -0.4 is 0 Å². The number of rotatable bonds is 2. The monoisotopic (exact) mass is 210 g/mol. The minimum atomic E-state index is 0.857. The first-order valence-electron chi connectivity index (χ1n) is 6.65. The molecular formula is C13H26N2. The van der Waals surface area contributed by atoms with Gasteiger partial charge in [-0.2, -0.15) is 0 Å². The molecule has 2 fully saturated rings. The largest absolute Gasteiger partial charge is 0.302 e. The van der Waals surface area contributed by atoms with Crippen molar-refractivity contribution in [2.24, 2.45) is 11.8 Å². The number of hydrogen-bond acceptors (Lipinski definition) is 2. The molecule has 15 heavy (non-hydrogen) atoms. The van der Waals surface area contributed by atoms with Gasteiger partial charge in [0.25, 0.3) is 0 Å². The number of likely N-dealkylation sites (N-methyl/N-ethyl adjacent to an activating group) is 1. The summed E-state index contributed by atoms with van der Waals surface area (Å²) in [4.78, 5) is 5.35. The number of hydrogen-bond donors (Lipinski definition) is 0. The number of likely N-dealkylation sites (tertiary alicyclic amines) is 2. The summed E-state index contributed by atoms with van der Waals surface area (Å²) in [6, 6.07) is 0.857. The van der Waals surface area contributed by atoms with Crippen molar-refractivity contribution in [3.63, 3.8) is 0 Å². The zero-order chi connectivity index (χ0) is 10.8. The van der Waals surface area contributed by atoms with Gasteiger partial charge in [0.15, 0.2) is 0 Å². The molecule has 0 aromatic rings.